The maximum absolute atomic E-state index is 6.21. The van der Waals surface area contributed by atoms with E-state index in [4.69, 9.17) is 10.8 Å². The minimum absolute atomic E-state index is 0.0177. The molecule has 0 saturated carbocycles. The summed E-state index contributed by atoms with van der Waals surface area (Å²) in [7, 11) is -1.71. The summed E-state index contributed by atoms with van der Waals surface area (Å²) in [6, 6.07) is 0. The van der Waals surface area contributed by atoms with Crippen LogP contribution in [0, 0.1) is 18.3 Å². The van der Waals surface area contributed by atoms with Crippen molar-refractivity contribution in [2.45, 2.75) is 65.3 Å². The van der Waals surface area contributed by atoms with Gasteiger partial charge in [-0.15, -0.1) is 6.42 Å². The van der Waals surface area contributed by atoms with Crippen molar-refractivity contribution in [2.24, 2.45) is 5.92 Å². The van der Waals surface area contributed by atoms with Crippen molar-refractivity contribution >= 4 is 8.32 Å². The van der Waals surface area contributed by atoms with E-state index < -0.39 is 8.32 Å². The minimum atomic E-state index is -1.71. The van der Waals surface area contributed by atoms with E-state index in [2.05, 4.69) is 53.6 Å². The van der Waals surface area contributed by atoms with Gasteiger partial charge in [-0.25, -0.2) is 0 Å². The quantitative estimate of drug-likeness (QED) is 0.519. The molecule has 2 atom stereocenters. The van der Waals surface area contributed by atoms with Crippen molar-refractivity contribution in [1.29, 1.82) is 0 Å². The first-order valence-electron chi connectivity index (χ1n) is 5.79. The molecule has 0 aromatic rings. The van der Waals surface area contributed by atoms with Crippen molar-refractivity contribution in [3.05, 3.63) is 0 Å². The number of terminal acetylenes is 1. The molecule has 0 aromatic carbocycles. The summed E-state index contributed by atoms with van der Waals surface area (Å²) in [6.07, 6.45) is 6.60. The van der Waals surface area contributed by atoms with Crippen LogP contribution in [-0.2, 0) is 4.43 Å². The summed E-state index contributed by atoms with van der Waals surface area (Å²) in [5, 5.41) is 0.232. The summed E-state index contributed by atoms with van der Waals surface area (Å²) in [5.41, 5.74) is 0. The predicted molar refractivity (Wildman–Crippen MR) is 70.4 cm³/mol. The molecule has 0 bridgehead atoms. The summed E-state index contributed by atoms with van der Waals surface area (Å²) >= 11 is 0. The lowest BCUT2D eigenvalue weighted by atomic mass is 10.0. The van der Waals surface area contributed by atoms with Gasteiger partial charge in [0.05, 0.1) is 0 Å². The van der Waals surface area contributed by atoms with E-state index in [1.165, 1.54) is 0 Å². The first-order valence-corrected chi connectivity index (χ1v) is 8.70. The third kappa shape index (κ3) is 4.00. The normalized spacial score (nSPS) is 16.9. The lowest BCUT2D eigenvalue weighted by Crippen LogP contribution is -2.45. The Labute approximate surface area is 96.7 Å². The molecule has 0 aliphatic carbocycles. The highest BCUT2D eigenvalue weighted by Gasteiger charge is 2.39. The monoisotopic (exact) mass is 226 g/mol. The van der Waals surface area contributed by atoms with Gasteiger partial charge in [-0.1, -0.05) is 47.0 Å². The van der Waals surface area contributed by atoms with Gasteiger partial charge < -0.3 is 4.43 Å². The molecular weight excluding hydrogens is 200 g/mol. The lowest BCUT2D eigenvalue weighted by molar-refractivity contribution is 0.174. The SMILES string of the molecule is C#C[C@@H](O[Si](C)(C)C(C)(C)C)[C@@H](C)CC. The van der Waals surface area contributed by atoms with E-state index in [-0.39, 0.29) is 11.1 Å². The second-order valence-electron chi connectivity index (χ2n) is 5.85. The van der Waals surface area contributed by atoms with Gasteiger partial charge in [0.1, 0.15) is 6.10 Å². The van der Waals surface area contributed by atoms with Crippen LogP contribution >= 0.6 is 0 Å². The molecule has 0 aliphatic rings. The molecule has 0 spiro atoms. The van der Waals surface area contributed by atoms with Gasteiger partial charge in [-0.3, -0.25) is 0 Å². The van der Waals surface area contributed by atoms with Crippen molar-refractivity contribution in [2.75, 3.05) is 0 Å². The first kappa shape index (κ1) is 14.7. The highest BCUT2D eigenvalue weighted by Crippen LogP contribution is 2.38. The molecule has 0 unspecified atom stereocenters. The van der Waals surface area contributed by atoms with Gasteiger partial charge in [0.15, 0.2) is 8.32 Å². The maximum atomic E-state index is 6.21. The average Bonchev–Trinajstić information content (AvgIpc) is 2.11. The van der Waals surface area contributed by atoms with Gasteiger partial charge in [0.2, 0.25) is 0 Å². The third-order valence-electron chi connectivity index (χ3n) is 3.55. The molecule has 0 radical (unpaired) electrons. The van der Waals surface area contributed by atoms with Crippen LogP contribution in [0.3, 0.4) is 0 Å². The fourth-order valence-electron chi connectivity index (χ4n) is 1.02. The minimum Gasteiger partial charge on any atom is -0.403 e. The highest BCUT2D eigenvalue weighted by molar-refractivity contribution is 6.74. The maximum Gasteiger partial charge on any atom is 0.193 e. The molecule has 88 valence electrons. The van der Waals surface area contributed by atoms with Crippen LogP contribution < -0.4 is 0 Å². The molecule has 0 aliphatic heterocycles. The molecule has 0 amide bonds. The van der Waals surface area contributed by atoms with Crippen LogP contribution in [0.4, 0.5) is 0 Å². The largest absolute Gasteiger partial charge is 0.403 e. The third-order valence-corrected chi connectivity index (χ3v) is 8.01. The smallest absolute Gasteiger partial charge is 0.193 e. The second kappa shape index (κ2) is 5.18. The molecule has 0 N–H and O–H groups in total. The van der Waals surface area contributed by atoms with Crippen LogP contribution in [0.15, 0.2) is 0 Å². The second-order valence-corrected chi connectivity index (χ2v) is 10.6. The molecule has 0 heterocycles. The molecule has 2 heteroatoms. The zero-order valence-electron chi connectivity index (χ0n) is 11.3. The Morgan fingerprint density at radius 3 is 2.07 bits per heavy atom. The Morgan fingerprint density at radius 2 is 1.80 bits per heavy atom. The Bertz CT molecular complexity index is 232. The van der Waals surface area contributed by atoms with Crippen molar-refractivity contribution < 1.29 is 4.43 Å². The summed E-state index contributed by atoms with van der Waals surface area (Å²) in [4.78, 5) is 0. The fraction of sp³-hybridized carbons (Fsp3) is 0.846. The van der Waals surface area contributed by atoms with E-state index in [9.17, 15) is 0 Å². The summed E-state index contributed by atoms with van der Waals surface area (Å²) in [6.45, 7) is 15.5. The van der Waals surface area contributed by atoms with E-state index in [1.54, 1.807) is 0 Å². The molecule has 0 aromatic heterocycles. The Balaban J connectivity index is 4.64. The van der Waals surface area contributed by atoms with Gasteiger partial charge in [0.25, 0.3) is 0 Å². The van der Waals surface area contributed by atoms with E-state index >= 15 is 0 Å². The van der Waals surface area contributed by atoms with Crippen molar-refractivity contribution in [3.8, 4) is 12.3 Å². The topological polar surface area (TPSA) is 9.23 Å². The fourth-order valence-corrected chi connectivity index (χ4v) is 2.31. The van der Waals surface area contributed by atoms with Crippen LogP contribution in [0.25, 0.3) is 0 Å². The van der Waals surface area contributed by atoms with Gasteiger partial charge in [-0.05, 0) is 24.1 Å². The first-order chi connectivity index (χ1) is 6.65. The zero-order chi connectivity index (χ0) is 12.3. The average molecular weight is 226 g/mol. The van der Waals surface area contributed by atoms with Crippen LogP contribution in [0.2, 0.25) is 18.1 Å². The highest BCUT2D eigenvalue weighted by atomic mass is 28.4. The van der Waals surface area contributed by atoms with Gasteiger partial charge >= 0.3 is 0 Å². The molecule has 15 heavy (non-hydrogen) atoms. The number of hydrogen-bond donors (Lipinski definition) is 0. The number of rotatable bonds is 4. The van der Waals surface area contributed by atoms with E-state index in [0.717, 1.165) is 6.42 Å². The van der Waals surface area contributed by atoms with Crippen molar-refractivity contribution in [1.82, 2.24) is 0 Å². The number of hydrogen-bond acceptors (Lipinski definition) is 1. The van der Waals surface area contributed by atoms with E-state index in [0.29, 0.717) is 5.92 Å². The zero-order valence-corrected chi connectivity index (χ0v) is 12.3. The van der Waals surface area contributed by atoms with E-state index in [1.807, 2.05) is 0 Å². The predicted octanol–water partition coefficient (Wildman–Crippen LogP) is 4.06. The summed E-state index contributed by atoms with van der Waals surface area (Å²) in [5.74, 6) is 3.24. The van der Waals surface area contributed by atoms with Crippen LogP contribution in [0.1, 0.15) is 41.0 Å². The standard InChI is InChI=1S/C13H26OSi/c1-9-11(3)12(10-2)14-15(7,8)13(4,5)6/h2,11-12H,9H2,1,3-8H3/t11-,12+/m0/s1. The molecular formula is C13H26OSi. The molecule has 1 nitrogen and oxygen atoms in total. The molecule has 0 rings (SSSR count). The Morgan fingerprint density at radius 1 is 1.33 bits per heavy atom. The van der Waals surface area contributed by atoms with Crippen molar-refractivity contribution in [3.63, 3.8) is 0 Å². The Hall–Kier alpha value is -0.263. The van der Waals surface area contributed by atoms with Crippen LogP contribution in [-0.4, -0.2) is 14.4 Å². The van der Waals surface area contributed by atoms with Crippen LogP contribution in [0.5, 0.6) is 0 Å². The van der Waals surface area contributed by atoms with Gasteiger partial charge in [0, 0.05) is 0 Å². The lowest BCUT2D eigenvalue weighted by Gasteiger charge is -2.39. The Kier molecular flexibility index (Phi) is 5.09. The molecule has 0 saturated heterocycles. The summed E-state index contributed by atoms with van der Waals surface area (Å²) < 4.78 is 6.21. The van der Waals surface area contributed by atoms with Gasteiger partial charge in [-0.2, -0.15) is 0 Å². The molecule has 0 fully saturated rings.